The standard InChI is InChI=1S/C27H38N6O2S/c1-31(2)11-10-30-27(35)33(21-9-8-16-6-4-5-7-19(16)21)26(34)18-12-17-13-20-23(36-25(29)24(20)28)14-22(17)32(3)15-18/h4-7,17-18,21-22H,8-15,28-29H2,1-3H3,(H,30,35)/t17-,18-,21?,22-/m1/s1. The van der Waals surface area contributed by atoms with Gasteiger partial charge in [-0.25, -0.2) is 4.79 Å². The smallest absolute Gasteiger partial charge is 0.324 e. The average Bonchev–Trinajstić information content (AvgIpc) is 3.38. The van der Waals surface area contributed by atoms with E-state index >= 15 is 0 Å². The summed E-state index contributed by atoms with van der Waals surface area (Å²) in [5, 5.41) is 3.72. The van der Waals surface area contributed by atoms with Crippen LogP contribution in [0.25, 0.3) is 0 Å². The monoisotopic (exact) mass is 510 g/mol. The summed E-state index contributed by atoms with van der Waals surface area (Å²) >= 11 is 1.60. The van der Waals surface area contributed by atoms with Crippen molar-refractivity contribution in [1.82, 2.24) is 20.0 Å². The molecule has 0 radical (unpaired) electrons. The first-order valence-electron chi connectivity index (χ1n) is 12.9. The highest BCUT2D eigenvalue weighted by Gasteiger charge is 2.45. The van der Waals surface area contributed by atoms with Gasteiger partial charge in [0.25, 0.3) is 0 Å². The Hall–Kier alpha value is -2.62. The number of hydrogen-bond donors (Lipinski definition) is 3. The number of benzene rings is 1. The number of aryl methyl sites for hydroxylation is 1. The molecule has 3 aliphatic rings. The Bertz CT molecular complexity index is 1150. The van der Waals surface area contributed by atoms with Crippen molar-refractivity contribution in [2.75, 3.05) is 52.2 Å². The number of likely N-dealkylation sites (tertiary alicyclic amines) is 1. The van der Waals surface area contributed by atoms with Crippen molar-refractivity contribution >= 4 is 34.0 Å². The van der Waals surface area contributed by atoms with Gasteiger partial charge in [-0.1, -0.05) is 24.3 Å². The Balaban J connectivity index is 1.39. The molecule has 1 unspecified atom stereocenters. The van der Waals surface area contributed by atoms with Crippen LogP contribution in [0.2, 0.25) is 0 Å². The lowest BCUT2D eigenvalue weighted by Gasteiger charge is -2.46. The summed E-state index contributed by atoms with van der Waals surface area (Å²) in [5.74, 6) is 0.0198. The number of nitrogens with zero attached hydrogens (tertiary/aromatic N) is 3. The number of fused-ring (bicyclic) bond motifs is 3. The summed E-state index contributed by atoms with van der Waals surface area (Å²) in [4.78, 5) is 34.8. The molecule has 5 N–H and O–H groups in total. The predicted molar refractivity (Wildman–Crippen MR) is 145 cm³/mol. The molecule has 2 aliphatic carbocycles. The van der Waals surface area contributed by atoms with Crippen LogP contribution in [-0.4, -0.2) is 73.5 Å². The summed E-state index contributed by atoms with van der Waals surface area (Å²) in [7, 11) is 6.05. The van der Waals surface area contributed by atoms with E-state index in [4.69, 9.17) is 11.5 Å². The number of rotatable bonds is 5. The van der Waals surface area contributed by atoms with Crippen molar-refractivity contribution in [2.24, 2.45) is 11.8 Å². The molecular formula is C27H38N6O2S. The highest BCUT2D eigenvalue weighted by atomic mass is 32.1. The molecule has 9 heteroatoms. The number of likely N-dealkylation sites (N-methyl/N-ethyl adjacent to an activating group) is 2. The first kappa shape index (κ1) is 25.0. The fourth-order valence-electron chi connectivity index (χ4n) is 6.42. The molecule has 8 nitrogen and oxygen atoms in total. The van der Waals surface area contributed by atoms with Crippen molar-refractivity contribution in [3.8, 4) is 0 Å². The molecule has 194 valence electrons. The van der Waals surface area contributed by atoms with Gasteiger partial charge in [-0.05, 0) is 75.9 Å². The van der Waals surface area contributed by atoms with Crippen LogP contribution in [0.15, 0.2) is 24.3 Å². The minimum Gasteiger partial charge on any atom is -0.396 e. The second kappa shape index (κ2) is 10.0. The van der Waals surface area contributed by atoms with E-state index in [2.05, 4.69) is 29.4 Å². The third-order valence-corrected chi connectivity index (χ3v) is 9.38. The van der Waals surface area contributed by atoms with E-state index in [0.717, 1.165) is 44.2 Å². The number of carbonyl (C=O) groups is 2. The Morgan fingerprint density at radius 2 is 1.97 bits per heavy atom. The zero-order valence-corrected chi connectivity index (χ0v) is 22.3. The maximum absolute atomic E-state index is 14.2. The van der Waals surface area contributed by atoms with E-state index in [-0.39, 0.29) is 23.9 Å². The lowest BCUT2D eigenvalue weighted by Crippen LogP contribution is -2.56. The number of nitrogens with one attached hydrogen (secondary N) is 1. The molecule has 5 rings (SSSR count). The summed E-state index contributed by atoms with van der Waals surface area (Å²) < 4.78 is 0. The van der Waals surface area contributed by atoms with Crippen LogP contribution in [-0.2, 0) is 24.1 Å². The fraction of sp³-hybridized carbons (Fsp3) is 0.556. The summed E-state index contributed by atoms with van der Waals surface area (Å²) in [6, 6.07) is 8.07. The molecule has 1 aliphatic heterocycles. The summed E-state index contributed by atoms with van der Waals surface area (Å²) in [6.45, 7) is 1.88. The third-order valence-electron chi connectivity index (χ3n) is 8.28. The first-order chi connectivity index (χ1) is 17.2. The summed E-state index contributed by atoms with van der Waals surface area (Å²) in [5.41, 5.74) is 16.6. The molecule has 4 atom stereocenters. The van der Waals surface area contributed by atoms with Gasteiger partial charge in [0.2, 0.25) is 5.91 Å². The molecule has 36 heavy (non-hydrogen) atoms. The number of thiophene rings is 1. The molecule has 0 spiro atoms. The Kier molecular flexibility index (Phi) is 6.98. The number of urea groups is 1. The van der Waals surface area contributed by atoms with Crippen molar-refractivity contribution in [3.05, 3.63) is 45.8 Å². The number of anilines is 2. The Labute approximate surface area is 217 Å². The van der Waals surface area contributed by atoms with E-state index < -0.39 is 0 Å². The molecule has 2 aromatic rings. The average molecular weight is 511 g/mol. The van der Waals surface area contributed by atoms with E-state index in [0.29, 0.717) is 35.7 Å². The lowest BCUT2D eigenvalue weighted by molar-refractivity contribution is -0.138. The number of hydrogen-bond acceptors (Lipinski definition) is 7. The van der Waals surface area contributed by atoms with E-state index in [1.165, 1.54) is 16.0 Å². The van der Waals surface area contributed by atoms with Crippen molar-refractivity contribution in [1.29, 1.82) is 0 Å². The fourth-order valence-corrected chi connectivity index (χ4v) is 7.49. The van der Waals surface area contributed by atoms with E-state index in [9.17, 15) is 9.59 Å². The SMILES string of the molecule is CN(C)CCNC(=O)N(C(=O)[C@@H]1C[C@@H]2Cc3c(sc(N)c3N)C[C@H]2N(C)C1)C1CCc2ccccc21. The van der Waals surface area contributed by atoms with Crippen molar-refractivity contribution in [2.45, 2.75) is 44.2 Å². The first-order valence-corrected chi connectivity index (χ1v) is 13.7. The van der Waals surface area contributed by atoms with E-state index in [1.807, 2.05) is 31.1 Å². The van der Waals surface area contributed by atoms with Crippen LogP contribution in [0.1, 0.15) is 40.5 Å². The number of carbonyl (C=O) groups excluding carboxylic acids is 2. The Morgan fingerprint density at radius 1 is 1.19 bits per heavy atom. The molecule has 1 fully saturated rings. The molecule has 3 amide bonds. The largest absolute Gasteiger partial charge is 0.396 e. The predicted octanol–water partition coefficient (Wildman–Crippen LogP) is 2.73. The topological polar surface area (TPSA) is 108 Å². The third kappa shape index (κ3) is 4.60. The Morgan fingerprint density at radius 3 is 2.75 bits per heavy atom. The molecular weight excluding hydrogens is 472 g/mol. The highest BCUT2D eigenvalue weighted by Crippen LogP contribution is 2.45. The molecule has 1 saturated heterocycles. The highest BCUT2D eigenvalue weighted by molar-refractivity contribution is 7.16. The number of imide groups is 1. The number of amides is 3. The molecule has 1 aromatic heterocycles. The minimum atomic E-state index is -0.283. The van der Waals surface area contributed by atoms with Gasteiger partial charge >= 0.3 is 6.03 Å². The van der Waals surface area contributed by atoms with Gasteiger partial charge in [-0.2, -0.15) is 0 Å². The van der Waals surface area contributed by atoms with Crippen molar-refractivity contribution < 1.29 is 9.59 Å². The normalized spacial score (nSPS) is 25.2. The van der Waals surface area contributed by atoms with E-state index in [1.54, 1.807) is 16.2 Å². The molecule has 0 bridgehead atoms. The van der Waals surface area contributed by atoms with Gasteiger partial charge in [-0.3, -0.25) is 9.69 Å². The molecule has 2 heterocycles. The zero-order chi connectivity index (χ0) is 25.6. The second-order valence-electron chi connectivity index (χ2n) is 10.9. The van der Waals surface area contributed by atoms with Gasteiger partial charge in [0, 0.05) is 30.6 Å². The van der Waals surface area contributed by atoms with Crippen LogP contribution in [0, 0.1) is 11.8 Å². The number of piperidine rings is 1. The second-order valence-corrected chi connectivity index (χ2v) is 12.0. The van der Waals surface area contributed by atoms with Gasteiger partial charge in [0.1, 0.15) is 5.00 Å². The van der Waals surface area contributed by atoms with Gasteiger partial charge in [0.15, 0.2) is 0 Å². The van der Waals surface area contributed by atoms with Crippen LogP contribution in [0.3, 0.4) is 0 Å². The van der Waals surface area contributed by atoms with Crippen molar-refractivity contribution in [3.63, 3.8) is 0 Å². The van der Waals surface area contributed by atoms with Gasteiger partial charge < -0.3 is 26.6 Å². The summed E-state index contributed by atoms with van der Waals surface area (Å²) in [6.07, 6.45) is 4.18. The zero-order valence-electron chi connectivity index (χ0n) is 21.5. The van der Waals surface area contributed by atoms with Crippen LogP contribution in [0.5, 0.6) is 0 Å². The number of nitrogens with two attached hydrogens (primary N) is 2. The van der Waals surface area contributed by atoms with Gasteiger partial charge in [-0.15, -0.1) is 11.3 Å². The minimum absolute atomic E-state index is 0.0621. The number of nitrogen functional groups attached to an aromatic ring is 2. The molecule has 1 aromatic carbocycles. The van der Waals surface area contributed by atoms with Gasteiger partial charge in [0.05, 0.1) is 17.6 Å². The van der Waals surface area contributed by atoms with Crippen LogP contribution in [0.4, 0.5) is 15.5 Å². The lowest BCUT2D eigenvalue weighted by atomic mass is 9.74. The van der Waals surface area contributed by atoms with Crippen LogP contribution >= 0.6 is 11.3 Å². The quantitative estimate of drug-likeness (QED) is 0.571. The maximum atomic E-state index is 14.2. The molecule has 0 saturated carbocycles. The maximum Gasteiger partial charge on any atom is 0.324 e. The van der Waals surface area contributed by atoms with Crippen LogP contribution < -0.4 is 16.8 Å².